The molecule has 0 bridgehead atoms. The number of ether oxygens (including phenoxy) is 1. The van der Waals surface area contributed by atoms with E-state index in [0.29, 0.717) is 18.1 Å². The molecule has 2 N–H and O–H groups in total. The Balaban J connectivity index is 1.99. The number of nitrogens with one attached hydrogen (secondary N) is 1. The SMILES string of the molecule is COc1ccc(CNc2ccc(O)c(F)c2)cn1. The summed E-state index contributed by atoms with van der Waals surface area (Å²) in [7, 11) is 1.56. The highest BCUT2D eigenvalue weighted by molar-refractivity contribution is 5.47. The summed E-state index contributed by atoms with van der Waals surface area (Å²) in [5.41, 5.74) is 1.55. The minimum atomic E-state index is -0.646. The van der Waals surface area contributed by atoms with E-state index in [-0.39, 0.29) is 5.75 Å². The predicted octanol–water partition coefficient (Wildman–Crippen LogP) is 2.55. The number of nitrogens with zero attached hydrogens (tertiary/aromatic N) is 1. The third kappa shape index (κ3) is 2.88. The van der Waals surface area contributed by atoms with Gasteiger partial charge in [0.1, 0.15) is 0 Å². The topological polar surface area (TPSA) is 54.4 Å². The first-order valence-corrected chi connectivity index (χ1v) is 5.40. The third-order valence-corrected chi connectivity index (χ3v) is 2.45. The molecule has 0 unspecified atom stereocenters. The van der Waals surface area contributed by atoms with Crippen LogP contribution in [-0.4, -0.2) is 17.2 Å². The molecule has 0 spiro atoms. The van der Waals surface area contributed by atoms with Crippen molar-refractivity contribution >= 4 is 5.69 Å². The molecule has 2 rings (SSSR count). The molecule has 0 aliphatic rings. The van der Waals surface area contributed by atoms with Gasteiger partial charge in [0.05, 0.1) is 7.11 Å². The predicted molar refractivity (Wildman–Crippen MR) is 66.2 cm³/mol. The molecule has 1 heterocycles. The van der Waals surface area contributed by atoms with Crippen molar-refractivity contribution in [2.24, 2.45) is 0 Å². The molecule has 0 radical (unpaired) electrons. The number of phenolic OH excluding ortho intramolecular Hbond substituents is 1. The third-order valence-electron chi connectivity index (χ3n) is 2.45. The second kappa shape index (κ2) is 5.35. The number of halogens is 1. The summed E-state index contributed by atoms with van der Waals surface area (Å²) in [6.07, 6.45) is 1.68. The Labute approximate surface area is 104 Å². The maximum Gasteiger partial charge on any atom is 0.212 e. The lowest BCUT2D eigenvalue weighted by atomic mass is 10.2. The average Bonchev–Trinajstić information content (AvgIpc) is 2.41. The zero-order valence-electron chi connectivity index (χ0n) is 9.85. The van der Waals surface area contributed by atoms with Gasteiger partial charge in [-0.15, -0.1) is 0 Å². The Bertz CT molecular complexity index is 529. The molecule has 1 aromatic carbocycles. The van der Waals surface area contributed by atoms with E-state index in [2.05, 4.69) is 10.3 Å². The maximum absolute atomic E-state index is 13.1. The maximum atomic E-state index is 13.1. The molecule has 0 amide bonds. The monoisotopic (exact) mass is 248 g/mol. The van der Waals surface area contributed by atoms with E-state index < -0.39 is 5.82 Å². The number of rotatable bonds is 4. The molecule has 5 heteroatoms. The van der Waals surface area contributed by atoms with Gasteiger partial charge < -0.3 is 15.2 Å². The summed E-state index contributed by atoms with van der Waals surface area (Å²) in [6.45, 7) is 0.515. The van der Waals surface area contributed by atoms with Gasteiger partial charge in [-0.2, -0.15) is 0 Å². The van der Waals surface area contributed by atoms with E-state index in [1.54, 1.807) is 25.4 Å². The molecule has 0 fully saturated rings. The number of methoxy groups -OCH3 is 1. The standard InChI is InChI=1S/C13H13FN2O2/c1-18-13-5-2-9(8-16-13)7-15-10-3-4-12(17)11(14)6-10/h2-6,8,15,17H,7H2,1H3. The van der Waals surface area contributed by atoms with Crippen molar-refractivity contribution < 1.29 is 14.2 Å². The second-order valence-corrected chi connectivity index (χ2v) is 3.73. The number of anilines is 1. The molecule has 0 atom stereocenters. The Morgan fingerprint density at radius 1 is 1.33 bits per heavy atom. The molecule has 0 aliphatic carbocycles. The summed E-state index contributed by atoms with van der Waals surface area (Å²) in [4.78, 5) is 4.06. The Kier molecular flexibility index (Phi) is 3.62. The van der Waals surface area contributed by atoms with Crippen molar-refractivity contribution in [3.05, 3.63) is 47.9 Å². The molecule has 2 aromatic rings. The largest absolute Gasteiger partial charge is 0.505 e. The fourth-order valence-electron chi connectivity index (χ4n) is 1.46. The van der Waals surface area contributed by atoms with Crippen LogP contribution in [0.25, 0.3) is 0 Å². The smallest absolute Gasteiger partial charge is 0.212 e. The molecular formula is C13H13FN2O2. The Morgan fingerprint density at radius 2 is 2.17 bits per heavy atom. The fraction of sp³-hybridized carbons (Fsp3) is 0.154. The van der Waals surface area contributed by atoms with Crippen LogP contribution in [0.3, 0.4) is 0 Å². The number of phenols is 1. The van der Waals surface area contributed by atoms with Crippen LogP contribution in [0.5, 0.6) is 11.6 Å². The number of hydrogen-bond donors (Lipinski definition) is 2. The van der Waals surface area contributed by atoms with Crippen molar-refractivity contribution in [1.82, 2.24) is 4.98 Å². The van der Waals surface area contributed by atoms with Gasteiger partial charge in [0.15, 0.2) is 11.6 Å². The average molecular weight is 248 g/mol. The van der Waals surface area contributed by atoms with Crippen LogP contribution >= 0.6 is 0 Å². The first kappa shape index (κ1) is 12.2. The molecule has 1 aromatic heterocycles. The van der Waals surface area contributed by atoms with Gasteiger partial charge in [0.2, 0.25) is 5.88 Å². The Morgan fingerprint density at radius 3 is 2.78 bits per heavy atom. The Hall–Kier alpha value is -2.30. The first-order chi connectivity index (χ1) is 8.69. The zero-order chi connectivity index (χ0) is 13.0. The van der Waals surface area contributed by atoms with Crippen molar-refractivity contribution in [3.8, 4) is 11.6 Å². The highest BCUT2D eigenvalue weighted by Crippen LogP contribution is 2.19. The van der Waals surface area contributed by atoms with Gasteiger partial charge in [-0.3, -0.25) is 0 Å². The summed E-state index contributed by atoms with van der Waals surface area (Å²) in [6, 6.07) is 7.79. The van der Waals surface area contributed by atoms with Crippen LogP contribution in [0.4, 0.5) is 10.1 Å². The minimum Gasteiger partial charge on any atom is -0.505 e. The lowest BCUT2D eigenvalue weighted by molar-refractivity contribution is 0.397. The summed E-state index contributed by atoms with van der Waals surface area (Å²) >= 11 is 0. The van der Waals surface area contributed by atoms with E-state index in [9.17, 15) is 4.39 Å². The van der Waals surface area contributed by atoms with E-state index in [1.165, 1.54) is 12.1 Å². The normalized spacial score (nSPS) is 10.1. The number of pyridine rings is 1. The van der Waals surface area contributed by atoms with E-state index >= 15 is 0 Å². The van der Waals surface area contributed by atoms with Crippen molar-refractivity contribution in [2.75, 3.05) is 12.4 Å². The van der Waals surface area contributed by atoms with Crippen LogP contribution in [0.2, 0.25) is 0 Å². The number of benzene rings is 1. The van der Waals surface area contributed by atoms with Gasteiger partial charge in [-0.05, 0) is 17.7 Å². The van der Waals surface area contributed by atoms with Gasteiger partial charge in [0.25, 0.3) is 0 Å². The quantitative estimate of drug-likeness (QED) is 0.816. The highest BCUT2D eigenvalue weighted by Gasteiger charge is 2.01. The molecular weight excluding hydrogens is 235 g/mol. The minimum absolute atomic E-state index is 0.355. The molecule has 4 nitrogen and oxygen atoms in total. The molecule has 0 aliphatic heterocycles. The van der Waals surface area contributed by atoms with Crippen molar-refractivity contribution in [2.45, 2.75) is 6.54 Å². The van der Waals surface area contributed by atoms with Crippen molar-refractivity contribution in [1.29, 1.82) is 0 Å². The number of hydrogen-bond acceptors (Lipinski definition) is 4. The van der Waals surface area contributed by atoms with Crippen molar-refractivity contribution in [3.63, 3.8) is 0 Å². The second-order valence-electron chi connectivity index (χ2n) is 3.73. The van der Waals surface area contributed by atoms with Gasteiger partial charge >= 0.3 is 0 Å². The molecule has 0 saturated heterocycles. The zero-order valence-corrected chi connectivity index (χ0v) is 9.85. The fourth-order valence-corrected chi connectivity index (χ4v) is 1.46. The lowest BCUT2D eigenvalue weighted by Gasteiger charge is -2.07. The highest BCUT2D eigenvalue weighted by atomic mass is 19.1. The summed E-state index contributed by atoms with van der Waals surface area (Å²) in [5.74, 6) is -0.450. The molecule has 18 heavy (non-hydrogen) atoms. The van der Waals surface area contributed by atoms with Gasteiger partial charge in [0, 0.05) is 30.6 Å². The van der Waals surface area contributed by atoms with Gasteiger partial charge in [-0.1, -0.05) is 6.07 Å². The van der Waals surface area contributed by atoms with Crippen LogP contribution in [0.1, 0.15) is 5.56 Å². The molecule has 94 valence electrons. The van der Waals surface area contributed by atoms with E-state index in [0.717, 1.165) is 5.56 Å². The van der Waals surface area contributed by atoms with E-state index in [1.807, 2.05) is 6.07 Å². The first-order valence-electron chi connectivity index (χ1n) is 5.40. The lowest BCUT2D eigenvalue weighted by Crippen LogP contribution is -2.00. The van der Waals surface area contributed by atoms with Crippen LogP contribution < -0.4 is 10.1 Å². The number of aromatic hydroxyl groups is 1. The van der Waals surface area contributed by atoms with E-state index in [4.69, 9.17) is 9.84 Å². The summed E-state index contributed by atoms with van der Waals surface area (Å²) < 4.78 is 18.0. The van der Waals surface area contributed by atoms with Crippen LogP contribution in [0, 0.1) is 5.82 Å². The summed E-state index contributed by atoms with van der Waals surface area (Å²) in [5, 5.41) is 12.1. The number of aromatic nitrogens is 1. The van der Waals surface area contributed by atoms with Crippen LogP contribution in [-0.2, 0) is 6.54 Å². The van der Waals surface area contributed by atoms with Gasteiger partial charge in [-0.25, -0.2) is 9.37 Å². The van der Waals surface area contributed by atoms with Crippen LogP contribution in [0.15, 0.2) is 36.5 Å². The molecule has 0 saturated carbocycles.